The third-order valence-corrected chi connectivity index (χ3v) is 11.7. The molecule has 0 aliphatic carbocycles. The molecule has 0 aliphatic rings. The molecule has 7 rings (SSSR count). The number of nitriles is 3. The van der Waals surface area contributed by atoms with Crippen molar-refractivity contribution in [2.24, 2.45) is 5.84 Å². The first kappa shape index (κ1) is 73.8. The number of aliphatic carboxylic acids is 1. The average Bonchev–Trinajstić information content (AvgIpc) is 1.87. The largest absolute Gasteiger partial charge is 0.480 e. The van der Waals surface area contributed by atoms with E-state index in [4.69, 9.17) is 45.4 Å². The predicted octanol–water partition coefficient (Wildman–Crippen LogP) is 10.2. The van der Waals surface area contributed by atoms with Crippen LogP contribution in [0.4, 0.5) is 27.6 Å². The van der Waals surface area contributed by atoms with E-state index in [0.717, 1.165) is 17.7 Å². The molecule has 0 fully saturated rings. The van der Waals surface area contributed by atoms with Crippen molar-refractivity contribution in [2.75, 3.05) is 0 Å². The molecule has 24 nitrogen and oxygen atoms in total. The molecule has 0 saturated heterocycles. The van der Waals surface area contributed by atoms with Gasteiger partial charge < -0.3 is 39.7 Å². The van der Waals surface area contributed by atoms with Crippen molar-refractivity contribution < 1.29 is 73.3 Å². The van der Waals surface area contributed by atoms with Crippen LogP contribution in [-0.4, -0.2) is 86.2 Å². The normalized spacial score (nSPS) is 11.6. The summed E-state index contributed by atoms with van der Waals surface area (Å²) < 4.78 is 59.8. The molecule has 0 unspecified atom stereocenters. The van der Waals surface area contributed by atoms with Crippen LogP contribution in [0, 0.1) is 51.4 Å². The minimum absolute atomic E-state index is 0. The van der Waals surface area contributed by atoms with Crippen molar-refractivity contribution in [3.63, 3.8) is 0 Å². The first-order chi connectivity index (χ1) is 43.7. The molecular formula is C66H73F3N12O12. The highest BCUT2D eigenvalue weighted by Gasteiger charge is 2.28. The first-order valence-corrected chi connectivity index (χ1v) is 28.2. The molecule has 0 spiro atoms. The number of carboxylic acid groups (broad SMARTS) is 1. The number of halogens is 3. The van der Waals surface area contributed by atoms with E-state index in [1.54, 1.807) is 135 Å². The van der Waals surface area contributed by atoms with E-state index in [-0.39, 0.29) is 44.7 Å². The van der Waals surface area contributed by atoms with E-state index >= 15 is 0 Å². The second-order valence-electron chi connectivity index (χ2n) is 22.9. The van der Waals surface area contributed by atoms with E-state index in [2.05, 4.69) is 43.1 Å². The van der Waals surface area contributed by atoms with Crippen LogP contribution in [0.25, 0.3) is 11.5 Å². The number of benzene rings is 6. The summed E-state index contributed by atoms with van der Waals surface area (Å²) in [6.45, 7) is 15.4. The van der Waals surface area contributed by atoms with Crippen LogP contribution in [0.2, 0.25) is 0 Å². The number of ether oxygens (including phenoxy) is 3. The van der Waals surface area contributed by atoms with Gasteiger partial charge in [-0.05, 0) is 188 Å². The predicted molar refractivity (Wildman–Crippen MR) is 335 cm³/mol. The minimum Gasteiger partial charge on any atom is -0.480 e. The Morgan fingerprint density at radius 1 is 0.505 bits per heavy atom. The number of hydrogen-bond acceptors (Lipinski definition) is 17. The molecule has 0 aliphatic heterocycles. The van der Waals surface area contributed by atoms with Gasteiger partial charge in [0.1, 0.15) is 52.4 Å². The van der Waals surface area contributed by atoms with Gasteiger partial charge in [0.2, 0.25) is 11.8 Å². The number of carbonyl (C=O) groups excluding carboxylic acids is 6. The van der Waals surface area contributed by atoms with Crippen LogP contribution < -0.4 is 38.1 Å². The van der Waals surface area contributed by atoms with Crippen molar-refractivity contribution in [2.45, 2.75) is 117 Å². The highest BCUT2D eigenvalue weighted by atomic mass is 19.1. The van der Waals surface area contributed by atoms with E-state index in [1.807, 2.05) is 17.6 Å². The van der Waals surface area contributed by atoms with Gasteiger partial charge >= 0.3 is 24.2 Å². The Kier molecular flexibility index (Phi) is 27.7. The van der Waals surface area contributed by atoms with Crippen LogP contribution in [0.1, 0.15) is 131 Å². The molecule has 1 heterocycles. The van der Waals surface area contributed by atoms with Crippen molar-refractivity contribution >= 4 is 42.0 Å². The Morgan fingerprint density at radius 3 is 1.24 bits per heavy atom. The molecule has 93 heavy (non-hydrogen) atoms. The summed E-state index contributed by atoms with van der Waals surface area (Å²) in [4.78, 5) is 82.9. The van der Waals surface area contributed by atoms with Crippen LogP contribution >= 0.6 is 0 Å². The topological polar surface area (TPSA) is 376 Å². The van der Waals surface area contributed by atoms with Gasteiger partial charge in [-0.2, -0.15) is 15.8 Å². The lowest BCUT2D eigenvalue weighted by Crippen LogP contribution is -2.53. The number of rotatable bonds is 15. The van der Waals surface area contributed by atoms with Gasteiger partial charge in [-0.15, -0.1) is 10.2 Å². The summed E-state index contributed by atoms with van der Waals surface area (Å²) in [5.41, 5.74) is 9.06. The molecule has 1 aromatic heterocycles. The molecule has 6 amide bonds. The lowest BCUT2D eigenvalue weighted by Gasteiger charge is -2.23. The Labute approximate surface area is 537 Å². The zero-order valence-corrected chi connectivity index (χ0v) is 52.1. The number of alkyl carbamates (subject to hydrolysis) is 3. The van der Waals surface area contributed by atoms with Gasteiger partial charge in [0.15, 0.2) is 0 Å². The second kappa shape index (κ2) is 34.9. The molecule has 0 radical (unpaired) electrons. The molecule has 0 bridgehead atoms. The lowest BCUT2D eigenvalue weighted by atomic mass is 10.0. The number of hydrogen-bond donors (Lipinski definition) is 8. The number of hydrazine groups is 2. The van der Waals surface area contributed by atoms with E-state index in [9.17, 15) is 46.7 Å². The van der Waals surface area contributed by atoms with Gasteiger partial charge in [0.05, 0.1) is 34.9 Å². The quantitative estimate of drug-likeness (QED) is 0.0205. The number of nitrogen functional groups attached to an aromatic ring is 1. The fourth-order valence-electron chi connectivity index (χ4n) is 7.46. The zero-order valence-electron chi connectivity index (χ0n) is 52.1. The number of aromatic nitrogens is 2. The van der Waals surface area contributed by atoms with Crippen LogP contribution in [0.3, 0.4) is 0 Å². The van der Waals surface area contributed by atoms with Gasteiger partial charge in [-0.25, -0.2) is 38.2 Å². The third-order valence-electron chi connectivity index (χ3n) is 11.7. The zero-order chi connectivity index (χ0) is 69.1. The fraction of sp³-hybridized carbons (Fsp3) is 0.273. The van der Waals surface area contributed by atoms with Crippen molar-refractivity contribution in [3.05, 3.63) is 213 Å². The molecular weight excluding hydrogens is 1210 g/mol. The number of nitrogens with two attached hydrogens (primary N) is 1. The molecule has 7 aromatic rings. The summed E-state index contributed by atoms with van der Waals surface area (Å²) in [6, 6.07) is 38.8. The molecule has 9 N–H and O–H groups in total. The van der Waals surface area contributed by atoms with Gasteiger partial charge in [-0.1, -0.05) is 36.4 Å². The molecule has 0 saturated carbocycles. The summed E-state index contributed by atoms with van der Waals surface area (Å²) >= 11 is 0. The summed E-state index contributed by atoms with van der Waals surface area (Å²) in [5, 5.41) is 51.4. The lowest BCUT2D eigenvalue weighted by molar-refractivity contribution is -0.139. The minimum atomic E-state index is -1.15. The van der Waals surface area contributed by atoms with Crippen molar-refractivity contribution in [1.82, 2.24) is 42.4 Å². The van der Waals surface area contributed by atoms with E-state index in [1.165, 1.54) is 60.7 Å². The number of amides is 6. The van der Waals surface area contributed by atoms with E-state index in [0.29, 0.717) is 45.4 Å². The second-order valence-corrected chi connectivity index (χ2v) is 22.9. The number of nitrogens with one attached hydrogen (secondary N) is 6. The standard InChI is InChI=1S/C22H23FN4O4.C22H21FN4O3.C15H18N2O4.C7H7FN2O.2H2/c1-22(2,3)31-21(30)25-18(12-14-4-6-15(13-24)7-5-14)20(29)27-26-19(28)16-8-10-17(23)11-9-16;1-22(2,3)30-21(28)25-18(12-14-4-6-15(13-24)7-5-14)20-27-26-19(29-20)16-8-10-17(23)11-9-16;1-15(2,3)21-14(20)17-12(13(18)19)8-10-4-6-11(9-16)7-5-10;8-6-3-1-5(2-4-6)7(11)10-9;;/h4-11,18H,12H2,1-3H3,(H,25,30)(H,26,28)(H,27,29);4-11,18H,12H2,1-3H3,(H,25,28);4-7,12H,8H2,1-3H3,(H,17,20)(H,18,19);1-4H,9H2,(H,10,11);2*1H/t2*18-;12-;;;/m000.../s1. The summed E-state index contributed by atoms with van der Waals surface area (Å²) in [5.74, 6) is 1.09. The monoisotopic (exact) mass is 1280 g/mol. The van der Waals surface area contributed by atoms with Crippen molar-refractivity contribution in [3.8, 4) is 29.7 Å². The Hall–Kier alpha value is -11.6. The SMILES string of the molecule is CC(C)(C)OC(=O)N[C@@H](Cc1ccc(C#N)cc1)C(=O)NNC(=O)c1ccc(F)cc1.CC(C)(C)OC(=O)N[C@@H](Cc1ccc(C#N)cc1)C(=O)O.CC(C)(C)OC(=O)N[C@@H](Cc1ccc(C#N)cc1)c1nnc(-c2ccc(F)cc2)o1.NNC(=O)c1ccc(F)cc1.[HH].[HH]. The summed E-state index contributed by atoms with van der Waals surface area (Å²) in [7, 11) is 0. The maximum Gasteiger partial charge on any atom is 0.408 e. The van der Waals surface area contributed by atoms with E-state index < -0.39 is 82.7 Å². The molecule has 6 aromatic carbocycles. The summed E-state index contributed by atoms with van der Waals surface area (Å²) in [6.07, 6.45) is -1.66. The van der Waals surface area contributed by atoms with Crippen LogP contribution in [0.5, 0.6) is 0 Å². The Morgan fingerprint density at radius 2 is 0.860 bits per heavy atom. The van der Waals surface area contributed by atoms with Crippen LogP contribution in [-0.2, 0) is 43.1 Å². The van der Waals surface area contributed by atoms with Crippen molar-refractivity contribution in [1.29, 1.82) is 15.8 Å². The Balaban J connectivity index is 0.000000450. The third kappa shape index (κ3) is 27.8. The highest BCUT2D eigenvalue weighted by molar-refractivity contribution is 5.96. The van der Waals surface area contributed by atoms with Gasteiger partial charge in [0.25, 0.3) is 17.7 Å². The molecule has 27 heteroatoms. The van der Waals surface area contributed by atoms with Crippen LogP contribution in [0.15, 0.2) is 150 Å². The average molecular weight is 1280 g/mol. The highest BCUT2D eigenvalue weighted by Crippen LogP contribution is 2.25. The number of carboxylic acids is 1. The number of carbonyl (C=O) groups is 7. The smallest absolute Gasteiger partial charge is 0.408 e. The Bertz CT molecular complexity index is 3790. The van der Waals surface area contributed by atoms with Gasteiger partial charge in [-0.3, -0.25) is 30.7 Å². The maximum absolute atomic E-state index is 13.2. The van der Waals surface area contributed by atoms with Gasteiger partial charge in [0, 0.05) is 38.8 Å². The first-order valence-electron chi connectivity index (χ1n) is 28.2. The fourth-order valence-corrected chi connectivity index (χ4v) is 7.46. The maximum atomic E-state index is 13.2. The molecule has 3 atom stereocenters. The molecule has 490 valence electrons. The number of nitrogens with zero attached hydrogens (tertiary/aromatic N) is 5.